The summed E-state index contributed by atoms with van der Waals surface area (Å²) in [7, 11) is 2.16. The Bertz CT molecular complexity index is 397. The number of nitrogens with one attached hydrogen (secondary N) is 1. The van der Waals surface area contributed by atoms with Gasteiger partial charge in [0.2, 0.25) is 0 Å². The van der Waals surface area contributed by atoms with E-state index in [0.29, 0.717) is 6.04 Å². The third-order valence-corrected chi connectivity index (χ3v) is 3.27. The third kappa shape index (κ3) is 2.12. The molecular formula is C12H18N2O. The Hall–Kier alpha value is -1.09. The molecule has 2 heterocycles. The first-order valence-electron chi connectivity index (χ1n) is 5.58. The second-order valence-electron chi connectivity index (χ2n) is 4.44. The highest BCUT2D eigenvalue weighted by molar-refractivity contribution is 5.20. The molecule has 2 rings (SSSR count). The predicted molar refractivity (Wildman–Crippen MR) is 61.0 cm³/mol. The van der Waals surface area contributed by atoms with Crippen molar-refractivity contribution in [3.05, 3.63) is 33.7 Å². The zero-order valence-corrected chi connectivity index (χ0v) is 9.42. The maximum Gasteiger partial charge on any atom is 0.250 e. The molecule has 1 atom stereocenters. The van der Waals surface area contributed by atoms with Gasteiger partial charge in [-0.15, -0.1) is 0 Å². The Morgan fingerprint density at radius 3 is 2.93 bits per heavy atom. The zero-order valence-electron chi connectivity index (χ0n) is 9.42. The molecule has 15 heavy (non-hydrogen) atoms. The van der Waals surface area contributed by atoms with Crippen molar-refractivity contribution in [2.75, 3.05) is 13.6 Å². The molecule has 0 bridgehead atoms. The highest BCUT2D eigenvalue weighted by Gasteiger charge is 2.20. The van der Waals surface area contributed by atoms with Crippen LogP contribution in [0, 0.1) is 6.92 Å². The van der Waals surface area contributed by atoms with Crippen molar-refractivity contribution in [3.63, 3.8) is 0 Å². The molecule has 1 aliphatic rings. The molecule has 1 aromatic rings. The predicted octanol–water partition coefficient (Wildman–Crippen LogP) is 1.84. The minimum absolute atomic E-state index is 0.0252. The fourth-order valence-electron chi connectivity index (χ4n) is 2.31. The average Bonchev–Trinajstić information content (AvgIpc) is 2.23. The summed E-state index contributed by atoms with van der Waals surface area (Å²) in [4.78, 5) is 16.4. The molecule has 0 radical (unpaired) electrons. The molecule has 1 N–H and O–H groups in total. The van der Waals surface area contributed by atoms with Gasteiger partial charge < -0.3 is 4.98 Å². The largest absolute Gasteiger partial charge is 0.329 e. The summed E-state index contributed by atoms with van der Waals surface area (Å²) in [6.07, 6.45) is 5.63. The van der Waals surface area contributed by atoms with Crippen molar-refractivity contribution >= 4 is 0 Å². The zero-order chi connectivity index (χ0) is 10.8. The van der Waals surface area contributed by atoms with Crippen LogP contribution in [0.15, 0.2) is 17.1 Å². The van der Waals surface area contributed by atoms with Crippen molar-refractivity contribution in [2.24, 2.45) is 0 Å². The second-order valence-corrected chi connectivity index (χ2v) is 4.44. The fraction of sp³-hybridized carbons (Fsp3) is 0.583. The maximum atomic E-state index is 11.3. The summed E-state index contributed by atoms with van der Waals surface area (Å²) in [6, 6.07) is 2.50. The van der Waals surface area contributed by atoms with Gasteiger partial charge in [0.1, 0.15) is 0 Å². The summed E-state index contributed by atoms with van der Waals surface area (Å²) < 4.78 is 0. The molecule has 1 fully saturated rings. The number of hydrogen-bond acceptors (Lipinski definition) is 2. The molecule has 0 aliphatic carbocycles. The van der Waals surface area contributed by atoms with Gasteiger partial charge in [-0.05, 0) is 45.0 Å². The number of H-pyrrole nitrogens is 1. The number of nitrogens with zero attached hydrogens (tertiary/aromatic N) is 1. The normalized spacial score (nSPS) is 22.9. The summed E-state index contributed by atoms with van der Waals surface area (Å²) in [5, 5.41) is 0. The molecule has 0 amide bonds. The van der Waals surface area contributed by atoms with Crippen LogP contribution in [-0.4, -0.2) is 23.5 Å². The summed E-state index contributed by atoms with van der Waals surface area (Å²) in [6.45, 7) is 3.02. The summed E-state index contributed by atoms with van der Waals surface area (Å²) in [5.41, 5.74) is 2.08. The Kier molecular flexibility index (Phi) is 2.91. The quantitative estimate of drug-likeness (QED) is 0.761. The number of rotatable bonds is 1. The lowest BCUT2D eigenvalue weighted by molar-refractivity contribution is 0.187. The number of likely N-dealkylation sites (tertiary alicyclic amines) is 1. The molecule has 82 valence electrons. The Morgan fingerprint density at radius 1 is 1.47 bits per heavy atom. The molecule has 3 nitrogen and oxygen atoms in total. The minimum atomic E-state index is 0.0252. The van der Waals surface area contributed by atoms with Crippen molar-refractivity contribution in [1.82, 2.24) is 9.88 Å². The van der Waals surface area contributed by atoms with Crippen LogP contribution in [0.25, 0.3) is 0 Å². The molecule has 0 spiro atoms. The number of piperidine rings is 1. The molecule has 0 saturated carbocycles. The van der Waals surface area contributed by atoms with Gasteiger partial charge in [-0.2, -0.15) is 0 Å². The maximum absolute atomic E-state index is 11.3. The van der Waals surface area contributed by atoms with Gasteiger partial charge in [0.15, 0.2) is 0 Å². The molecule has 3 heteroatoms. The summed E-state index contributed by atoms with van der Waals surface area (Å²) in [5.74, 6) is 0. The van der Waals surface area contributed by atoms with Gasteiger partial charge in [-0.25, -0.2) is 0 Å². The van der Waals surface area contributed by atoms with Crippen molar-refractivity contribution in [3.8, 4) is 0 Å². The van der Waals surface area contributed by atoms with Gasteiger partial charge >= 0.3 is 0 Å². The highest BCUT2D eigenvalue weighted by atomic mass is 16.1. The van der Waals surface area contributed by atoms with Crippen molar-refractivity contribution < 1.29 is 0 Å². The van der Waals surface area contributed by atoms with Crippen LogP contribution in [0.3, 0.4) is 0 Å². The van der Waals surface area contributed by atoms with Crippen LogP contribution in [-0.2, 0) is 0 Å². The van der Waals surface area contributed by atoms with Gasteiger partial charge in [0.05, 0.1) is 0 Å². The second kappa shape index (κ2) is 4.19. The Labute approximate surface area is 90.1 Å². The van der Waals surface area contributed by atoms with Crippen LogP contribution in [0.1, 0.15) is 36.4 Å². The van der Waals surface area contributed by atoms with Gasteiger partial charge in [0.25, 0.3) is 5.56 Å². The van der Waals surface area contributed by atoms with E-state index in [4.69, 9.17) is 0 Å². The SMILES string of the molecule is Cc1cc(C2CCCCN2C)c[nH]c1=O. The molecule has 1 unspecified atom stereocenters. The number of pyridine rings is 1. The minimum Gasteiger partial charge on any atom is -0.329 e. The van der Waals surface area contributed by atoms with E-state index in [1.54, 1.807) is 0 Å². The molecular weight excluding hydrogens is 188 g/mol. The monoisotopic (exact) mass is 206 g/mol. The third-order valence-electron chi connectivity index (χ3n) is 3.27. The number of aromatic amines is 1. The van der Waals surface area contributed by atoms with E-state index in [1.165, 1.54) is 24.8 Å². The van der Waals surface area contributed by atoms with Crippen LogP contribution >= 0.6 is 0 Å². The average molecular weight is 206 g/mol. The van der Waals surface area contributed by atoms with Crippen LogP contribution in [0.4, 0.5) is 0 Å². The number of aromatic nitrogens is 1. The van der Waals surface area contributed by atoms with Crippen LogP contribution < -0.4 is 5.56 Å². The molecule has 0 aromatic carbocycles. The number of aryl methyl sites for hydroxylation is 1. The van der Waals surface area contributed by atoms with E-state index < -0.39 is 0 Å². The first-order valence-corrected chi connectivity index (χ1v) is 5.58. The topological polar surface area (TPSA) is 36.1 Å². The van der Waals surface area contributed by atoms with Gasteiger partial charge in [-0.3, -0.25) is 9.69 Å². The van der Waals surface area contributed by atoms with E-state index >= 15 is 0 Å². The number of hydrogen-bond donors (Lipinski definition) is 1. The molecule has 1 saturated heterocycles. The first-order chi connectivity index (χ1) is 7.18. The standard InChI is InChI=1S/C12H18N2O/c1-9-7-10(8-13-12(9)15)11-5-3-4-6-14(11)2/h7-8,11H,3-6H2,1-2H3,(H,13,15). The van der Waals surface area contributed by atoms with Crippen LogP contribution in [0.2, 0.25) is 0 Å². The lowest BCUT2D eigenvalue weighted by Crippen LogP contribution is -2.30. The van der Waals surface area contributed by atoms with Crippen LogP contribution in [0.5, 0.6) is 0 Å². The van der Waals surface area contributed by atoms with Gasteiger partial charge in [0, 0.05) is 17.8 Å². The van der Waals surface area contributed by atoms with E-state index in [-0.39, 0.29) is 5.56 Å². The van der Waals surface area contributed by atoms with Crippen molar-refractivity contribution in [1.29, 1.82) is 0 Å². The lowest BCUT2D eigenvalue weighted by atomic mass is 9.96. The highest BCUT2D eigenvalue weighted by Crippen LogP contribution is 2.28. The summed E-state index contributed by atoms with van der Waals surface area (Å²) >= 11 is 0. The molecule has 1 aliphatic heterocycles. The Balaban J connectivity index is 2.28. The fourth-order valence-corrected chi connectivity index (χ4v) is 2.31. The first kappa shape index (κ1) is 10.4. The molecule has 1 aromatic heterocycles. The van der Waals surface area contributed by atoms with E-state index in [1.807, 2.05) is 19.2 Å². The van der Waals surface area contributed by atoms with E-state index in [2.05, 4.69) is 16.9 Å². The Morgan fingerprint density at radius 2 is 2.27 bits per heavy atom. The van der Waals surface area contributed by atoms with Crippen molar-refractivity contribution in [2.45, 2.75) is 32.2 Å². The van der Waals surface area contributed by atoms with Gasteiger partial charge in [-0.1, -0.05) is 6.42 Å². The van der Waals surface area contributed by atoms with E-state index in [0.717, 1.165) is 12.1 Å². The smallest absolute Gasteiger partial charge is 0.250 e. The lowest BCUT2D eigenvalue weighted by Gasteiger charge is -2.32. The van der Waals surface area contributed by atoms with E-state index in [9.17, 15) is 4.79 Å².